The quantitative estimate of drug-likeness (QED) is 0.906. The zero-order valence-corrected chi connectivity index (χ0v) is 13.2. The molecule has 1 atom stereocenters. The predicted octanol–water partition coefficient (Wildman–Crippen LogP) is 3.38. The lowest BCUT2D eigenvalue weighted by Crippen LogP contribution is -2.39. The number of halogens is 1. The van der Waals surface area contributed by atoms with Gasteiger partial charge in [0.1, 0.15) is 5.75 Å². The molecule has 1 aliphatic heterocycles. The first-order chi connectivity index (χ1) is 11.0. The molecule has 0 bridgehead atoms. The Morgan fingerprint density at radius 3 is 2.87 bits per heavy atom. The van der Waals surface area contributed by atoms with Crippen molar-refractivity contribution < 1.29 is 14.3 Å². The van der Waals surface area contributed by atoms with Crippen molar-refractivity contribution in [2.45, 2.75) is 19.4 Å². The summed E-state index contributed by atoms with van der Waals surface area (Å²) in [6, 6.07) is 12.4. The Balaban J connectivity index is 1.68. The maximum Gasteiger partial charge on any atom is 0.266 e. The van der Waals surface area contributed by atoms with Gasteiger partial charge in [-0.15, -0.1) is 0 Å². The molecule has 2 aromatic carbocycles. The van der Waals surface area contributed by atoms with Gasteiger partial charge in [0.15, 0.2) is 6.10 Å². The summed E-state index contributed by atoms with van der Waals surface area (Å²) in [5.41, 5.74) is 2.15. The van der Waals surface area contributed by atoms with Crippen molar-refractivity contribution in [1.29, 1.82) is 0 Å². The molecule has 23 heavy (non-hydrogen) atoms. The number of aryl methyl sites for hydroxylation is 1. The second kappa shape index (κ2) is 6.30. The number of carbonyl (C=O) groups is 2. The number of para-hydroxylation sites is 1. The lowest BCUT2D eigenvalue weighted by atomic mass is 10.1. The van der Waals surface area contributed by atoms with Crippen LogP contribution in [-0.4, -0.2) is 17.9 Å². The van der Waals surface area contributed by atoms with Gasteiger partial charge in [0.25, 0.3) is 5.91 Å². The predicted molar refractivity (Wildman–Crippen MR) is 88.9 cm³/mol. The van der Waals surface area contributed by atoms with E-state index in [4.69, 9.17) is 16.3 Å². The largest absolute Gasteiger partial charge is 0.478 e. The van der Waals surface area contributed by atoms with Crippen LogP contribution in [0.1, 0.15) is 12.0 Å². The van der Waals surface area contributed by atoms with Gasteiger partial charge >= 0.3 is 0 Å². The molecule has 2 N–H and O–H groups in total. The van der Waals surface area contributed by atoms with Crippen LogP contribution in [0, 0.1) is 6.92 Å². The maximum absolute atomic E-state index is 12.1. The van der Waals surface area contributed by atoms with Gasteiger partial charge < -0.3 is 15.4 Å². The number of amides is 2. The molecule has 1 heterocycles. The van der Waals surface area contributed by atoms with Gasteiger partial charge in [-0.05, 0) is 36.8 Å². The Labute approximate surface area is 138 Å². The fraction of sp³-hybridized carbons (Fsp3) is 0.176. The number of fused-ring (bicyclic) bond motifs is 1. The molecule has 0 aromatic heterocycles. The van der Waals surface area contributed by atoms with E-state index in [-0.39, 0.29) is 18.2 Å². The topological polar surface area (TPSA) is 67.4 Å². The minimum absolute atomic E-state index is 0.0929. The van der Waals surface area contributed by atoms with Crippen LogP contribution in [0.5, 0.6) is 5.75 Å². The highest BCUT2D eigenvalue weighted by atomic mass is 35.5. The molecule has 2 amide bonds. The number of anilines is 2. The molecule has 0 aliphatic carbocycles. The third-order valence-corrected chi connectivity index (χ3v) is 3.80. The van der Waals surface area contributed by atoms with Gasteiger partial charge in [-0.1, -0.05) is 29.8 Å². The summed E-state index contributed by atoms with van der Waals surface area (Å²) in [4.78, 5) is 24.2. The van der Waals surface area contributed by atoms with E-state index in [0.717, 1.165) is 5.56 Å². The van der Waals surface area contributed by atoms with E-state index in [9.17, 15) is 9.59 Å². The van der Waals surface area contributed by atoms with Crippen molar-refractivity contribution >= 4 is 34.8 Å². The Morgan fingerprint density at radius 2 is 2.09 bits per heavy atom. The molecule has 0 fully saturated rings. The number of benzene rings is 2. The van der Waals surface area contributed by atoms with Crippen LogP contribution in [0.2, 0.25) is 5.02 Å². The normalized spacial score (nSPS) is 16.1. The summed E-state index contributed by atoms with van der Waals surface area (Å²) in [6.45, 7) is 1.93. The number of ether oxygens (including phenoxy) is 1. The zero-order chi connectivity index (χ0) is 16.4. The first-order valence-electron chi connectivity index (χ1n) is 7.15. The maximum atomic E-state index is 12.1. The molecular weight excluding hydrogens is 316 g/mol. The summed E-state index contributed by atoms with van der Waals surface area (Å²) in [5, 5.41) is 5.88. The third-order valence-electron chi connectivity index (χ3n) is 3.47. The SMILES string of the molecule is Cc1ccc2c(c1)NC(=O)[C@@H](CC(=O)Nc1ccccc1Cl)O2. The average Bonchev–Trinajstić information content (AvgIpc) is 2.50. The van der Waals surface area contributed by atoms with E-state index in [1.807, 2.05) is 19.1 Å². The standard InChI is InChI=1S/C17H15ClN2O3/c1-10-6-7-14-13(8-10)20-17(22)15(23-14)9-16(21)19-12-5-3-2-4-11(12)18/h2-8,15H,9H2,1H3,(H,19,21)(H,20,22)/t15-/m1/s1. The summed E-state index contributed by atoms with van der Waals surface area (Å²) >= 11 is 6.00. The fourth-order valence-corrected chi connectivity index (χ4v) is 2.51. The number of carbonyl (C=O) groups excluding carboxylic acids is 2. The second-order valence-corrected chi connectivity index (χ2v) is 5.73. The molecule has 0 unspecified atom stereocenters. The molecule has 6 heteroatoms. The van der Waals surface area contributed by atoms with E-state index < -0.39 is 6.10 Å². The number of nitrogens with one attached hydrogen (secondary N) is 2. The van der Waals surface area contributed by atoms with E-state index in [1.54, 1.807) is 30.3 Å². The molecule has 2 aromatic rings. The van der Waals surface area contributed by atoms with Crippen LogP contribution >= 0.6 is 11.6 Å². The van der Waals surface area contributed by atoms with Crippen LogP contribution in [-0.2, 0) is 9.59 Å². The summed E-state index contributed by atoms with van der Waals surface area (Å²) < 4.78 is 5.63. The van der Waals surface area contributed by atoms with Gasteiger partial charge in [0.2, 0.25) is 5.91 Å². The number of hydrogen-bond donors (Lipinski definition) is 2. The van der Waals surface area contributed by atoms with E-state index in [0.29, 0.717) is 22.1 Å². The van der Waals surface area contributed by atoms with Crippen molar-refractivity contribution in [3.8, 4) is 5.75 Å². The molecular formula is C17H15ClN2O3. The van der Waals surface area contributed by atoms with Crippen molar-refractivity contribution in [2.75, 3.05) is 10.6 Å². The van der Waals surface area contributed by atoms with E-state index in [2.05, 4.69) is 10.6 Å². The van der Waals surface area contributed by atoms with Crippen LogP contribution in [0.15, 0.2) is 42.5 Å². The van der Waals surface area contributed by atoms with Gasteiger partial charge in [-0.2, -0.15) is 0 Å². The Morgan fingerprint density at radius 1 is 1.30 bits per heavy atom. The lowest BCUT2D eigenvalue weighted by Gasteiger charge is -2.25. The second-order valence-electron chi connectivity index (χ2n) is 5.33. The van der Waals surface area contributed by atoms with Crippen LogP contribution < -0.4 is 15.4 Å². The minimum Gasteiger partial charge on any atom is -0.478 e. The summed E-state index contributed by atoms with van der Waals surface area (Å²) in [6.07, 6.45) is -0.961. The first-order valence-corrected chi connectivity index (χ1v) is 7.53. The lowest BCUT2D eigenvalue weighted by molar-refractivity contribution is -0.128. The Bertz CT molecular complexity index is 776. The molecule has 118 valence electrons. The molecule has 0 spiro atoms. The molecule has 0 saturated heterocycles. The molecule has 3 rings (SSSR count). The van der Waals surface area contributed by atoms with Gasteiger partial charge in [-0.3, -0.25) is 9.59 Å². The average molecular weight is 331 g/mol. The third kappa shape index (κ3) is 3.46. The monoisotopic (exact) mass is 330 g/mol. The molecule has 0 radical (unpaired) electrons. The highest BCUT2D eigenvalue weighted by molar-refractivity contribution is 6.33. The van der Waals surface area contributed by atoms with Crippen molar-refractivity contribution in [2.24, 2.45) is 0 Å². The highest BCUT2D eigenvalue weighted by Crippen LogP contribution is 2.31. The van der Waals surface area contributed by atoms with Crippen LogP contribution in [0.4, 0.5) is 11.4 Å². The molecule has 5 nitrogen and oxygen atoms in total. The van der Waals surface area contributed by atoms with Crippen molar-refractivity contribution in [3.05, 3.63) is 53.1 Å². The Kier molecular flexibility index (Phi) is 4.21. The summed E-state index contributed by atoms with van der Waals surface area (Å²) in [7, 11) is 0. The fourth-order valence-electron chi connectivity index (χ4n) is 2.33. The molecule has 1 aliphatic rings. The van der Waals surface area contributed by atoms with Crippen LogP contribution in [0.25, 0.3) is 0 Å². The highest BCUT2D eigenvalue weighted by Gasteiger charge is 2.29. The van der Waals surface area contributed by atoms with Crippen molar-refractivity contribution in [1.82, 2.24) is 0 Å². The van der Waals surface area contributed by atoms with E-state index in [1.165, 1.54) is 0 Å². The molecule has 0 saturated carbocycles. The number of rotatable bonds is 3. The zero-order valence-electron chi connectivity index (χ0n) is 12.4. The van der Waals surface area contributed by atoms with Crippen molar-refractivity contribution in [3.63, 3.8) is 0 Å². The smallest absolute Gasteiger partial charge is 0.266 e. The van der Waals surface area contributed by atoms with E-state index >= 15 is 0 Å². The summed E-state index contributed by atoms with van der Waals surface area (Å²) in [5.74, 6) is -0.114. The minimum atomic E-state index is -0.868. The first kappa shape index (κ1) is 15.4. The van der Waals surface area contributed by atoms with Gasteiger partial charge in [0, 0.05) is 0 Å². The van der Waals surface area contributed by atoms with Gasteiger partial charge in [0.05, 0.1) is 22.8 Å². The van der Waals surface area contributed by atoms with Gasteiger partial charge in [-0.25, -0.2) is 0 Å². The Hall–Kier alpha value is -2.53. The van der Waals surface area contributed by atoms with Crippen LogP contribution in [0.3, 0.4) is 0 Å². The number of hydrogen-bond acceptors (Lipinski definition) is 3.